The third-order valence-corrected chi connectivity index (χ3v) is 6.79. The smallest absolute Gasteiger partial charge is 0.348 e. The summed E-state index contributed by atoms with van der Waals surface area (Å²) < 4.78 is 28.0. The third kappa shape index (κ3) is 3.91. The van der Waals surface area contributed by atoms with E-state index in [0.717, 1.165) is 16.9 Å². The minimum atomic E-state index is -3.95. The molecule has 0 aliphatic carbocycles. The minimum absolute atomic E-state index is 0.0110. The minimum Gasteiger partial charge on any atom is -0.477 e. The van der Waals surface area contributed by atoms with E-state index in [9.17, 15) is 18.3 Å². The van der Waals surface area contributed by atoms with Crippen LogP contribution in [0.15, 0.2) is 53.4 Å². The Morgan fingerprint density at radius 1 is 1.11 bits per heavy atom. The number of sulfonamides is 1. The Hall–Kier alpha value is -3.15. The van der Waals surface area contributed by atoms with Crippen LogP contribution in [0.2, 0.25) is 0 Å². The zero-order valence-corrected chi connectivity index (χ0v) is 16.7. The summed E-state index contributed by atoms with van der Waals surface area (Å²) in [5.74, 6) is -1.22. The van der Waals surface area contributed by atoms with Crippen LogP contribution in [0.4, 0.5) is 5.69 Å². The van der Waals surface area contributed by atoms with Crippen LogP contribution in [0.3, 0.4) is 0 Å². The lowest BCUT2D eigenvalue weighted by molar-refractivity contribution is 0.0703. The van der Waals surface area contributed by atoms with Crippen molar-refractivity contribution in [3.8, 4) is 16.5 Å². The molecule has 8 heteroatoms. The summed E-state index contributed by atoms with van der Waals surface area (Å²) in [6.07, 6.45) is 0. The summed E-state index contributed by atoms with van der Waals surface area (Å²) >= 11 is 0.967. The fourth-order valence-electron chi connectivity index (χ4n) is 2.78. The van der Waals surface area contributed by atoms with Crippen molar-refractivity contribution in [1.29, 1.82) is 5.26 Å². The Kier molecular flexibility index (Phi) is 5.23. The number of thiophene rings is 1. The number of nitriles is 1. The number of aromatic carboxylic acids is 1. The molecule has 0 saturated heterocycles. The van der Waals surface area contributed by atoms with Gasteiger partial charge in [-0.3, -0.25) is 4.72 Å². The summed E-state index contributed by atoms with van der Waals surface area (Å²) in [5.41, 5.74) is 2.70. The fourth-order valence-corrected chi connectivity index (χ4v) is 5.09. The molecular weight excluding hydrogens is 396 g/mol. The number of nitrogens with zero attached hydrogens (tertiary/aromatic N) is 1. The van der Waals surface area contributed by atoms with Gasteiger partial charge in [-0.25, -0.2) is 13.2 Å². The van der Waals surface area contributed by atoms with Crippen molar-refractivity contribution < 1.29 is 18.3 Å². The van der Waals surface area contributed by atoms with Gasteiger partial charge in [-0.2, -0.15) is 5.26 Å². The molecule has 0 radical (unpaired) electrons. The van der Waals surface area contributed by atoms with Gasteiger partial charge < -0.3 is 5.11 Å². The van der Waals surface area contributed by atoms with Crippen LogP contribution in [-0.2, 0) is 10.0 Å². The maximum atomic E-state index is 12.8. The quantitative estimate of drug-likeness (QED) is 0.646. The van der Waals surface area contributed by atoms with Crippen LogP contribution < -0.4 is 4.72 Å². The molecule has 0 unspecified atom stereocenters. The molecule has 142 valence electrons. The highest BCUT2D eigenvalue weighted by molar-refractivity contribution is 7.92. The SMILES string of the molecule is Cc1ccc(S(=O)(=O)Nc2cc(-c3ccc(C#N)cc3)sc2C(=O)O)c(C)c1. The van der Waals surface area contributed by atoms with E-state index >= 15 is 0 Å². The van der Waals surface area contributed by atoms with Gasteiger partial charge in [-0.15, -0.1) is 11.3 Å². The number of benzene rings is 2. The van der Waals surface area contributed by atoms with Crippen LogP contribution in [0.1, 0.15) is 26.4 Å². The Morgan fingerprint density at radius 3 is 2.36 bits per heavy atom. The molecule has 6 nitrogen and oxygen atoms in total. The normalized spacial score (nSPS) is 11.0. The first kappa shape index (κ1) is 19.6. The van der Waals surface area contributed by atoms with E-state index in [2.05, 4.69) is 4.72 Å². The summed E-state index contributed by atoms with van der Waals surface area (Å²) in [6.45, 7) is 3.55. The molecule has 3 aromatic rings. The van der Waals surface area contributed by atoms with Gasteiger partial charge in [0, 0.05) is 4.88 Å². The number of carboxylic acid groups (broad SMARTS) is 1. The summed E-state index contributed by atoms with van der Waals surface area (Å²) in [4.78, 5) is 12.2. The average Bonchev–Trinajstić information content (AvgIpc) is 3.04. The molecule has 0 spiro atoms. The number of hydrogen-bond acceptors (Lipinski definition) is 5. The maximum Gasteiger partial charge on any atom is 0.348 e. The van der Waals surface area contributed by atoms with Crippen molar-refractivity contribution in [2.24, 2.45) is 0 Å². The molecule has 0 atom stereocenters. The number of carbonyl (C=O) groups is 1. The first-order valence-electron chi connectivity index (χ1n) is 8.19. The highest BCUT2D eigenvalue weighted by Crippen LogP contribution is 2.36. The molecule has 1 aromatic heterocycles. The second-order valence-corrected chi connectivity index (χ2v) is 8.93. The van der Waals surface area contributed by atoms with Gasteiger partial charge in [0.15, 0.2) is 0 Å². The lowest BCUT2D eigenvalue weighted by atomic mass is 10.1. The van der Waals surface area contributed by atoms with E-state index in [4.69, 9.17) is 5.26 Å². The molecule has 0 amide bonds. The van der Waals surface area contributed by atoms with Gasteiger partial charge >= 0.3 is 5.97 Å². The second-order valence-electron chi connectivity index (χ2n) is 6.22. The van der Waals surface area contributed by atoms with Crippen LogP contribution in [0, 0.1) is 25.2 Å². The summed E-state index contributed by atoms with van der Waals surface area (Å²) in [7, 11) is -3.95. The number of hydrogen-bond donors (Lipinski definition) is 2. The van der Waals surface area contributed by atoms with Gasteiger partial charge in [0.25, 0.3) is 10.0 Å². The molecule has 3 rings (SSSR count). The fraction of sp³-hybridized carbons (Fsp3) is 0.100. The zero-order chi connectivity index (χ0) is 20.5. The average molecular weight is 412 g/mol. The molecule has 1 heterocycles. The number of anilines is 1. The van der Waals surface area contributed by atoms with Crippen molar-refractivity contribution in [2.75, 3.05) is 4.72 Å². The van der Waals surface area contributed by atoms with Crippen molar-refractivity contribution in [3.05, 3.63) is 70.1 Å². The first-order chi connectivity index (χ1) is 13.2. The standard InChI is InChI=1S/C20H16N2O4S2/c1-12-3-8-18(13(2)9-12)28(25,26)22-16-10-17(27-19(16)20(23)24)15-6-4-14(11-21)5-7-15/h3-10,22H,1-2H3,(H,23,24). The molecule has 0 bridgehead atoms. The predicted octanol–water partition coefficient (Wildman–Crippen LogP) is 4.40. The number of carboxylic acids is 1. The van der Waals surface area contributed by atoms with E-state index in [0.29, 0.717) is 21.6 Å². The summed E-state index contributed by atoms with van der Waals surface area (Å²) in [6, 6.07) is 15.1. The van der Waals surface area contributed by atoms with Gasteiger partial charge in [0.1, 0.15) is 4.88 Å². The van der Waals surface area contributed by atoms with Gasteiger partial charge in [0.05, 0.1) is 22.2 Å². The highest BCUT2D eigenvalue weighted by atomic mass is 32.2. The molecule has 0 aliphatic heterocycles. The predicted molar refractivity (Wildman–Crippen MR) is 108 cm³/mol. The molecule has 0 fully saturated rings. The Morgan fingerprint density at radius 2 is 1.79 bits per heavy atom. The number of aryl methyl sites for hydroxylation is 2. The number of nitrogens with one attached hydrogen (secondary N) is 1. The third-order valence-electron chi connectivity index (χ3n) is 4.09. The monoisotopic (exact) mass is 412 g/mol. The van der Waals surface area contributed by atoms with Crippen LogP contribution in [0.5, 0.6) is 0 Å². The lowest BCUT2D eigenvalue weighted by Crippen LogP contribution is -2.15. The molecule has 2 aromatic carbocycles. The largest absolute Gasteiger partial charge is 0.477 e. The van der Waals surface area contributed by atoms with E-state index in [-0.39, 0.29) is 15.5 Å². The molecule has 28 heavy (non-hydrogen) atoms. The van der Waals surface area contributed by atoms with Crippen molar-refractivity contribution in [3.63, 3.8) is 0 Å². The van der Waals surface area contributed by atoms with E-state index in [1.165, 1.54) is 12.1 Å². The Balaban J connectivity index is 2.02. The highest BCUT2D eigenvalue weighted by Gasteiger charge is 2.23. The van der Waals surface area contributed by atoms with Gasteiger partial charge in [-0.05, 0) is 49.2 Å². The van der Waals surface area contributed by atoms with Gasteiger partial charge in [-0.1, -0.05) is 29.8 Å². The molecule has 0 saturated carbocycles. The van der Waals surface area contributed by atoms with E-state index in [1.54, 1.807) is 43.3 Å². The maximum absolute atomic E-state index is 12.8. The second kappa shape index (κ2) is 7.46. The topological polar surface area (TPSA) is 107 Å². The van der Waals surface area contributed by atoms with Gasteiger partial charge in [0.2, 0.25) is 0 Å². The molecule has 2 N–H and O–H groups in total. The molecule has 0 aliphatic rings. The van der Waals surface area contributed by atoms with Crippen LogP contribution in [0.25, 0.3) is 10.4 Å². The van der Waals surface area contributed by atoms with Crippen molar-refractivity contribution in [1.82, 2.24) is 0 Å². The number of rotatable bonds is 5. The van der Waals surface area contributed by atoms with Crippen LogP contribution >= 0.6 is 11.3 Å². The molecular formula is C20H16N2O4S2. The Labute approximate surface area is 166 Å². The summed E-state index contributed by atoms with van der Waals surface area (Å²) in [5, 5.41) is 18.4. The van der Waals surface area contributed by atoms with Crippen LogP contribution in [-0.4, -0.2) is 19.5 Å². The Bertz CT molecular complexity index is 1200. The van der Waals surface area contributed by atoms with E-state index in [1.807, 2.05) is 13.0 Å². The first-order valence-corrected chi connectivity index (χ1v) is 10.5. The van der Waals surface area contributed by atoms with Crippen molar-refractivity contribution >= 4 is 33.0 Å². The van der Waals surface area contributed by atoms with E-state index < -0.39 is 16.0 Å². The zero-order valence-electron chi connectivity index (χ0n) is 15.1. The lowest BCUT2D eigenvalue weighted by Gasteiger charge is -2.10. The van der Waals surface area contributed by atoms with Crippen molar-refractivity contribution in [2.45, 2.75) is 18.7 Å².